The maximum Gasteiger partial charge on any atom is 0.246 e. The summed E-state index contributed by atoms with van der Waals surface area (Å²) in [5.74, 6) is -0.0786. The Hall–Kier alpha value is -2.62. The van der Waals surface area contributed by atoms with E-state index in [2.05, 4.69) is 17.6 Å². The van der Waals surface area contributed by atoms with Crippen molar-refractivity contribution in [1.29, 1.82) is 0 Å². The second-order valence-corrected chi connectivity index (χ2v) is 5.37. The van der Waals surface area contributed by atoms with Crippen LogP contribution in [0.1, 0.15) is 31.7 Å². The minimum Gasteiger partial charge on any atom is -0.374 e. The standard InChI is InChI=1S/C19H21N2O2/c1-2-3-9-18(20-16-7-5-4-6-8-16)19(23)21-17-12-10-15(14-22)11-13-17/h4-8,10-13,18,20H,2-3,9H2,1H3,(H,21,23). The van der Waals surface area contributed by atoms with E-state index in [0.29, 0.717) is 11.3 Å². The van der Waals surface area contributed by atoms with Crippen molar-refractivity contribution in [3.05, 3.63) is 60.2 Å². The number of rotatable bonds is 8. The molecule has 1 amide bonds. The number of hydrogen-bond donors (Lipinski definition) is 2. The molecule has 1 unspecified atom stereocenters. The van der Waals surface area contributed by atoms with Gasteiger partial charge >= 0.3 is 0 Å². The van der Waals surface area contributed by atoms with Crippen molar-refractivity contribution in [2.45, 2.75) is 32.2 Å². The summed E-state index contributed by atoms with van der Waals surface area (Å²) < 4.78 is 0. The van der Waals surface area contributed by atoms with Gasteiger partial charge in [-0.3, -0.25) is 9.59 Å². The lowest BCUT2D eigenvalue weighted by Crippen LogP contribution is -2.34. The molecular formula is C19H21N2O2. The molecule has 0 saturated heterocycles. The lowest BCUT2D eigenvalue weighted by molar-refractivity contribution is -0.117. The van der Waals surface area contributed by atoms with E-state index in [1.165, 1.54) is 0 Å². The molecule has 2 aromatic carbocycles. The average molecular weight is 309 g/mol. The number of nitrogens with one attached hydrogen (secondary N) is 2. The Morgan fingerprint density at radius 1 is 1.04 bits per heavy atom. The molecule has 0 aliphatic carbocycles. The van der Waals surface area contributed by atoms with Gasteiger partial charge in [-0.25, -0.2) is 0 Å². The highest BCUT2D eigenvalue weighted by Gasteiger charge is 2.17. The number of unbranched alkanes of at least 4 members (excludes halogenated alkanes) is 1. The van der Waals surface area contributed by atoms with Crippen LogP contribution in [0.25, 0.3) is 0 Å². The van der Waals surface area contributed by atoms with Gasteiger partial charge in [0.2, 0.25) is 12.2 Å². The summed E-state index contributed by atoms with van der Waals surface area (Å²) in [5, 5.41) is 6.17. The third kappa shape index (κ3) is 5.25. The van der Waals surface area contributed by atoms with Gasteiger partial charge in [0.05, 0.1) is 0 Å². The van der Waals surface area contributed by atoms with Gasteiger partial charge in [0, 0.05) is 16.9 Å². The lowest BCUT2D eigenvalue weighted by atomic mass is 10.1. The van der Waals surface area contributed by atoms with Gasteiger partial charge < -0.3 is 10.6 Å². The molecular weight excluding hydrogens is 288 g/mol. The van der Waals surface area contributed by atoms with E-state index < -0.39 is 0 Å². The topological polar surface area (TPSA) is 58.2 Å². The first-order valence-electron chi connectivity index (χ1n) is 7.83. The minimum atomic E-state index is -0.297. The number of amides is 1. The molecule has 0 aromatic heterocycles. The molecule has 4 nitrogen and oxygen atoms in total. The molecule has 2 N–H and O–H groups in total. The molecule has 0 heterocycles. The van der Waals surface area contributed by atoms with Crippen molar-refractivity contribution in [2.24, 2.45) is 0 Å². The van der Waals surface area contributed by atoms with E-state index in [-0.39, 0.29) is 11.9 Å². The van der Waals surface area contributed by atoms with Crippen LogP contribution in [0.5, 0.6) is 0 Å². The predicted molar refractivity (Wildman–Crippen MR) is 93.2 cm³/mol. The highest BCUT2D eigenvalue weighted by atomic mass is 16.2. The van der Waals surface area contributed by atoms with Crippen LogP contribution in [0.15, 0.2) is 54.6 Å². The van der Waals surface area contributed by atoms with Crippen LogP contribution in [0.2, 0.25) is 0 Å². The zero-order valence-corrected chi connectivity index (χ0v) is 13.2. The van der Waals surface area contributed by atoms with Crippen molar-refractivity contribution < 1.29 is 9.59 Å². The second kappa shape index (κ2) is 8.73. The van der Waals surface area contributed by atoms with Crippen LogP contribution in [0, 0.1) is 0 Å². The summed E-state index contributed by atoms with van der Waals surface area (Å²) in [5.41, 5.74) is 2.06. The molecule has 4 heteroatoms. The third-order valence-corrected chi connectivity index (χ3v) is 3.55. The SMILES string of the molecule is CCCCC(Nc1ccccc1)C(=O)Nc1ccc([C]=O)cc1. The highest BCUT2D eigenvalue weighted by Crippen LogP contribution is 2.14. The monoisotopic (exact) mass is 309 g/mol. The quantitative estimate of drug-likeness (QED) is 0.780. The van der Waals surface area contributed by atoms with Crippen LogP contribution >= 0.6 is 0 Å². The zero-order chi connectivity index (χ0) is 16.5. The summed E-state index contributed by atoms with van der Waals surface area (Å²) in [6, 6.07) is 16.1. The van der Waals surface area contributed by atoms with Crippen LogP contribution in [0.3, 0.4) is 0 Å². The fraction of sp³-hybridized carbons (Fsp3) is 0.263. The Kier molecular flexibility index (Phi) is 6.36. The number of para-hydroxylation sites is 1. The van der Waals surface area contributed by atoms with Gasteiger partial charge in [-0.2, -0.15) is 0 Å². The van der Waals surface area contributed by atoms with Gasteiger partial charge in [-0.05, 0) is 42.8 Å². The van der Waals surface area contributed by atoms with E-state index in [4.69, 9.17) is 0 Å². The fourth-order valence-electron chi connectivity index (χ4n) is 2.26. The van der Waals surface area contributed by atoms with Crippen LogP contribution < -0.4 is 10.6 Å². The first-order chi connectivity index (χ1) is 11.2. The van der Waals surface area contributed by atoms with E-state index in [1.807, 2.05) is 36.6 Å². The maximum absolute atomic E-state index is 12.5. The van der Waals surface area contributed by atoms with Gasteiger partial charge in [-0.15, -0.1) is 0 Å². The Labute approximate surface area is 136 Å². The van der Waals surface area contributed by atoms with E-state index in [9.17, 15) is 9.59 Å². The van der Waals surface area contributed by atoms with Crippen molar-refractivity contribution in [2.75, 3.05) is 10.6 Å². The Bertz CT molecular complexity index is 624. The summed E-state index contributed by atoms with van der Waals surface area (Å²) in [6.07, 6.45) is 4.58. The summed E-state index contributed by atoms with van der Waals surface area (Å²) >= 11 is 0. The number of carbonyl (C=O) groups is 1. The largest absolute Gasteiger partial charge is 0.374 e. The van der Waals surface area contributed by atoms with Crippen molar-refractivity contribution in [1.82, 2.24) is 0 Å². The molecule has 1 radical (unpaired) electrons. The highest BCUT2D eigenvalue weighted by molar-refractivity contribution is 5.96. The third-order valence-electron chi connectivity index (χ3n) is 3.55. The van der Waals surface area contributed by atoms with Crippen LogP contribution in [-0.4, -0.2) is 18.2 Å². The number of carbonyl (C=O) groups excluding carboxylic acids is 2. The van der Waals surface area contributed by atoms with Gasteiger partial charge in [0.25, 0.3) is 0 Å². The van der Waals surface area contributed by atoms with Gasteiger partial charge in [0.15, 0.2) is 0 Å². The lowest BCUT2D eigenvalue weighted by Gasteiger charge is -2.19. The zero-order valence-electron chi connectivity index (χ0n) is 13.2. The number of anilines is 2. The first kappa shape index (κ1) is 16.7. The van der Waals surface area contributed by atoms with Crippen LogP contribution in [0.4, 0.5) is 11.4 Å². The molecule has 1 atom stereocenters. The molecule has 0 aliphatic rings. The van der Waals surface area contributed by atoms with E-state index >= 15 is 0 Å². The Morgan fingerprint density at radius 3 is 2.35 bits per heavy atom. The maximum atomic E-state index is 12.5. The average Bonchev–Trinajstić information content (AvgIpc) is 2.60. The van der Waals surface area contributed by atoms with Crippen molar-refractivity contribution in [3.63, 3.8) is 0 Å². The molecule has 2 aromatic rings. The van der Waals surface area contributed by atoms with Gasteiger partial charge in [0.1, 0.15) is 6.04 Å². The molecule has 0 fully saturated rings. The normalized spacial score (nSPS) is 11.5. The molecule has 2 rings (SSSR count). The van der Waals surface area contributed by atoms with Crippen molar-refractivity contribution >= 4 is 23.6 Å². The van der Waals surface area contributed by atoms with E-state index in [0.717, 1.165) is 24.9 Å². The first-order valence-corrected chi connectivity index (χ1v) is 7.83. The molecule has 23 heavy (non-hydrogen) atoms. The summed E-state index contributed by atoms with van der Waals surface area (Å²) in [6.45, 7) is 2.10. The number of benzene rings is 2. The molecule has 0 bridgehead atoms. The Morgan fingerprint density at radius 2 is 1.74 bits per heavy atom. The van der Waals surface area contributed by atoms with Crippen molar-refractivity contribution in [3.8, 4) is 0 Å². The summed E-state index contributed by atoms with van der Waals surface area (Å²) in [4.78, 5) is 23.1. The molecule has 0 spiro atoms. The van der Waals surface area contributed by atoms with Crippen LogP contribution in [-0.2, 0) is 9.59 Å². The predicted octanol–water partition coefficient (Wildman–Crippen LogP) is 3.75. The second-order valence-electron chi connectivity index (χ2n) is 5.37. The molecule has 0 aliphatic heterocycles. The van der Waals surface area contributed by atoms with E-state index in [1.54, 1.807) is 24.3 Å². The fourth-order valence-corrected chi connectivity index (χ4v) is 2.26. The summed E-state index contributed by atoms with van der Waals surface area (Å²) in [7, 11) is 0. The molecule has 0 saturated carbocycles. The molecule has 119 valence electrons. The minimum absolute atomic E-state index is 0.0786. The number of hydrogen-bond acceptors (Lipinski definition) is 3. The smallest absolute Gasteiger partial charge is 0.246 e. The van der Waals surface area contributed by atoms with Gasteiger partial charge in [-0.1, -0.05) is 38.0 Å². The Balaban J connectivity index is 2.04.